The van der Waals surface area contributed by atoms with Gasteiger partial charge in [-0.05, 0) is 46.3 Å². The van der Waals surface area contributed by atoms with Gasteiger partial charge in [-0.25, -0.2) is 0 Å². The van der Waals surface area contributed by atoms with Crippen molar-refractivity contribution in [1.82, 2.24) is 9.88 Å². The predicted octanol–water partition coefficient (Wildman–Crippen LogP) is 5.17. The molecule has 2 heterocycles. The quantitative estimate of drug-likeness (QED) is 0.496. The maximum Gasteiger partial charge on any atom is 0.290 e. The van der Waals surface area contributed by atoms with Gasteiger partial charge < -0.3 is 4.57 Å². The van der Waals surface area contributed by atoms with Crippen molar-refractivity contribution in [3.8, 4) is 0 Å². The highest BCUT2D eigenvalue weighted by Gasteiger charge is 2.25. The number of para-hydroxylation sites is 1. The van der Waals surface area contributed by atoms with E-state index < -0.39 is 0 Å². The lowest BCUT2D eigenvalue weighted by Gasteiger charge is -2.07. The van der Waals surface area contributed by atoms with E-state index in [0.29, 0.717) is 4.91 Å². The Kier molecular flexibility index (Phi) is 4.02. The molecular weight excluding hydrogens is 368 g/mol. The first-order valence-electron chi connectivity index (χ1n) is 8.98. The molecule has 1 aliphatic heterocycles. The Labute approximate surface area is 165 Å². The summed E-state index contributed by atoms with van der Waals surface area (Å²) >= 11 is 0.944. The zero-order valence-corrected chi connectivity index (χ0v) is 15.7. The number of aromatic nitrogens is 1. The van der Waals surface area contributed by atoms with Crippen LogP contribution in [0.15, 0.2) is 77.8 Å². The van der Waals surface area contributed by atoms with Crippen LogP contribution in [0.2, 0.25) is 0 Å². The second-order valence-corrected chi connectivity index (χ2v) is 7.78. The molecule has 5 heteroatoms. The summed E-state index contributed by atoms with van der Waals surface area (Å²) in [7, 11) is 0. The second-order valence-electron chi connectivity index (χ2n) is 6.76. The average molecular weight is 384 g/mol. The van der Waals surface area contributed by atoms with E-state index in [1.165, 1.54) is 16.3 Å². The van der Waals surface area contributed by atoms with Crippen molar-refractivity contribution in [2.24, 2.45) is 0 Å². The number of imide groups is 1. The minimum Gasteiger partial charge on any atom is -0.342 e. The van der Waals surface area contributed by atoms with Gasteiger partial charge in [0, 0.05) is 29.2 Å². The summed E-state index contributed by atoms with van der Waals surface area (Å²) < 4.78 is 2.19. The van der Waals surface area contributed by atoms with Crippen molar-refractivity contribution >= 4 is 50.7 Å². The van der Waals surface area contributed by atoms with Gasteiger partial charge in [0.1, 0.15) is 0 Å². The van der Waals surface area contributed by atoms with Crippen molar-refractivity contribution < 1.29 is 9.59 Å². The van der Waals surface area contributed by atoms with Gasteiger partial charge in [0.25, 0.3) is 11.1 Å². The number of nitrogens with zero attached hydrogens (tertiary/aromatic N) is 1. The first kappa shape index (κ1) is 16.8. The van der Waals surface area contributed by atoms with Crippen LogP contribution in [0.25, 0.3) is 27.8 Å². The molecule has 136 valence electrons. The van der Waals surface area contributed by atoms with Crippen LogP contribution >= 0.6 is 11.8 Å². The Morgan fingerprint density at radius 3 is 2.54 bits per heavy atom. The molecule has 0 saturated carbocycles. The molecule has 1 aromatic heterocycles. The number of thioether (sulfide) groups is 1. The van der Waals surface area contributed by atoms with E-state index in [9.17, 15) is 9.59 Å². The highest BCUT2D eigenvalue weighted by Crippen LogP contribution is 2.30. The molecule has 1 N–H and O–H groups in total. The maximum absolute atomic E-state index is 11.9. The van der Waals surface area contributed by atoms with Gasteiger partial charge in [0.05, 0.1) is 4.91 Å². The number of nitrogens with one attached hydrogen (secondary N) is 1. The molecule has 1 saturated heterocycles. The van der Waals surface area contributed by atoms with E-state index in [4.69, 9.17) is 0 Å². The molecule has 1 aliphatic rings. The Bertz CT molecular complexity index is 1290. The van der Waals surface area contributed by atoms with Crippen molar-refractivity contribution in [1.29, 1.82) is 0 Å². The molecule has 4 aromatic rings. The van der Waals surface area contributed by atoms with Crippen LogP contribution in [-0.2, 0) is 11.3 Å². The van der Waals surface area contributed by atoms with E-state index >= 15 is 0 Å². The van der Waals surface area contributed by atoms with Crippen LogP contribution in [0.1, 0.15) is 11.1 Å². The summed E-state index contributed by atoms with van der Waals surface area (Å²) in [5.41, 5.74) is 3.24. The monoisotopic (exact) mass is 384 g/mol. The standard InChI is InChI=1S/C23H16N2O2S/c26-22-21(28-23(27)24-22)12-18-14-25(20-8-4-3-7-19(18)20)13-15-9-10-16-5-1-2-6-17(16)11-15/h1-12,14H,13H2,(H,24,26,27)/b21-12+. The SMILES string of the molecule is O=C1NC(=O)/C(=C\c2cn(Cc3ccc4ccccc4c3)c3ccccc23)S1. The van der Waals surface area contributed by atoms with Gasteiger partial charge in [-0.1, -0.05) is 54.6 Å². The highest BCUT2D eigenvalue weighted by molar-refractivity contribution is 8.18. The zero-order chi connectivity index (χ0) is 19.1. The topological polar surface area (TPSA) is 51.1 Å². The van der Waals surface area contributed by atoms with Gasteiger partial charge >= 0.3 is 0 Å². The maximum atomic E-state index is 11.9. The van der Waals surface area contributed by atoms with Crippen molar-refractivity contribution in [3.05, 3.63) is 89.0 Å². The van der Waals surface area contributed by atoms with Gasteiger partial charge in [-0.2, -0.15) is 0 Å². The number of rotatable bonds is 3. The minimum atomic E-state index is -0.332. The summed E-state index contributed by atoms with van der Waals surface area (Å²) in [6.07, 6.45) is 3.84. The van der Waals surface area contributed by atoms with Crippen LogP contribution < -0.4 is 5.32 Å². The first-order valence-corrected chi connectivity index (χ1v) is 9.79. The third-order valence-corrected chi connectivity index (χ3v) is 5.73. The Morgan fingerprint density at radius 2 is 1.71 bits per heavy atom. The molecule has 0 unspecified atom stereocenters. The van der Waals surface area contributed by atoms with E-state index in [1.807, 2.05) is 36.5 Å². The van der Waals surface area contributed by atoms with Gasteiger partial charge in [-0.3, -0.25) is 14.9 Å². The lowest BCUT2D eigenvalue weighted by atomic mass is 10.1. The zero-order valence-electron chi connectivity index (χ0n) is 14.9. The summed E-state index contributed by atoms with van der Waals surface area (Å²) in [4.78, 5) is 23.8. The average Bonchev–Trinajstić information content (AvgIpc) is 3.21. The second kappa shape index (κ2) is 6.69. The highest BCUT2D eigenvalue weighted by atomic mass is 32.2. The fraction of sp³-hybridized carbons (Fsp3) is 0.0435. The number of amides is 2. The molecule has 0 atom stereocenters. The molecular formula is C23H16N2O2S. The van der Waals surface area contributed by atoms with E-state index in [0.717, 1.165) is 34.8 Å². The number of hydrogen-bond donors (Lipinski definition) is 1. The first-order chi connectivity index (χ1) is 13.7. The van der Waals surface area contributed by atoms with Crippen LogP contribution in [0.5, 0.6) is 0 Å². The molecule has 3 aromatic carbocycles. The van der Waals surface area contributed by atoms with Crippen LogP contribution in [-0.4, -0.2) is 15.7 Å². The normalized spacial score (nSPS) is 15.6. The van der Waals surface area contributed by atoms with E-state index in [1.54, 1.807) is 6.08 Å². The molecule has 4 nitrogen and oxygen atoms in total. The Hall–Kier alpha value is -3.31. The van der Waals surface area contributed by atoms with Crippen LogP contribution in [0, 0.1) is 0 Å². The Morgan fingerprint density at radius 1 is 0.929 bits per heavy atom. The van der Waals surface area contributed by atoms with Gasteiger partial charge in [-0.15, -0.1) is 0 Å². The third kappa shape index (κ3) is 3.00. The number of carbonyl (C=O) groups is 2. The van der Waals surface area contributed by atoms with Gasteiger partial charge in [0.15, 0.2) is 0 Å². The number of fused-ring (bicyclic) bond motifs is 2. The fourth-order valence-corrected chi connectivity index (χ4v) is 4.29. The van der Waals surface area contributed by atoms with Crippen molar-refractivity contribution in [2.75, 3.05) is 0 Å². The largest absolute Gasteiger partial charge is 0.342 e. The summed E-state index contributed by atoms with van der Waals surface area (Å²) in [6, 6.07) is 22.9. The lowest BCUT2D eigenvalue weighted by Crippen LogP contribution is -2.17. The lowest BCUT2D eigenvalue weighted by molar-refractivity contribution is -0.115. The van der Waals surface area contributed by atoms with E-state index in [2.05, 4.69) is 46.3 Å². The molecule has 0 aliphatic carbocycles. The van der Waals surface area contributed by atoms with Crippen LogP contribution in [0.3, 0.4) is 0 Å². The fourth-order valence-electron chi connectivity index (χ4n) is 3.62. The van der Waals surface area contributed by atoms with Crippen LogP contribution in [0.4, 0.5) is 4.79 Å². The molecule has 1 fully saturated rings. The smallest absolute Gasteiger partial charge is 0.290 e. The summed E-state index contributed by atoms with van der Waals surface area (Å²) in [5.74, 6) is -0.332. The van der Waals surface area contributed by atoms with Crippen molar-refractivity contribution in [2.45, 2.75) is 6.54 Å². The molecule has 2 amide bonds. The molecule has 28 heavy (non-hydrogen) atoms. The predicted molar refractivity (Wildman–Crippen MR) is 114 cm³/mol. The molecule has 0 spiro atoms. The third-order valence-electron chi connectivity index (χ3n) is 4.91. The molecule has 0 bridgehead atoms. The van der Waals surface area contributed by atoms with Gasteiger partial charge in [0.2, 0.25) is 0 Å². The molecule has 0 radical (unpaired) electrons. The van der Waals surface area contributed by atoms with Crippen molar-refractivity contribution in [3.63, 3.8) is 0 Å². The Balaban J connectivity index is 1.57. The minimum absolute atomic E-state index is 0.323. The number of carbonyl (C=O) groups excluding carboxylic acids is 2. The summed E-state index contributed by atoms with van der Waals surface area (Å²) in [5, 5.41) is 5.49. The van der Waals surface area contributed by atoms with E-state index in [-0.39, 0.29) is 11.1 Å². The number of hydrogen-bond acceptors (Lipinski definition) is 3. The summed E-state index contributed by atoms with van der Waals surface area (Å²) in [6.45, 7) is 0.729. The number of benzene rings is 3. The molecule has 5 rings (SSSR count).